The Hall–Kier alpha value is -1.32. The molecule has 2 heterocycles. The van der Waals surface area contributed by atoms with E-state index in [1.165, 1.54) is 0 Å². The second-order valence-electron chi connectivity index (χ2n) is 6.13. The van der Waals surface area contributed by atoms with E-state index in [-0.39, 0.29) is 16.9 Å². The molecule has 1 amide bonds. The standard InChI is InChI=1S/C13H19N3O/c1-12(2)9-6-10(16-5-4-14-8-16)13(12,3)15-11(17)7-9/h4-5,8-10H,6-7H2,1-3H3,(H,15,17). The number of piperidine rings is 1. The van der Waals surface area contributed by atoms with Gasteiger partial charge in [0.05, 0.1) is 17.9 Å². The van der Waals surface area contributed by atoms with Gasteiger partial charge in [-0.05, 0) is 24.7 Å². The fraction of sp³-hybridized carbons (Fsp3) is 0.692. The molecule has 4 nitrogen and oxygen atoms in total. The normalized spacial score (nSPS) is 39.1. The lowest BCUT2D eigenvalue weighted by Gasteiger charge is -2.48. The van der Waals surface area contributed by atoms with Crippen molar-refractivity contribution in [2.24, 2.45) is 11.3 Å². The minimum Gasteiger partial charge on any atom is -0.348 e. The number of carbonyl (C=O) groups is 1. The Labute approximate surface area is 101 Å². The minimum atomic E-state index is -0.173. The Morgan fingerprint density at radius 2 is 2.24 bits per heavy atom. The maximum Gasteiger partial charge on any atom is 0.220 e. The molecular formula is C13H19N3O. The number of amides is 1. The molecule has 1 saturated carbocycles. The van der Waals surface area contributed by atoms with E-state index in [0.717, 1.165) is 6.42 Å². The summed E-state index contributed by atoms with van der Waals surface area (Å²) in [4.78, 5) is 15.9. The fourth-order valence-electron chi connectivity index (χ4n) is 3.67. The van der Waals surface area contributed by atoms with Crippen molar-refractivity contribution in [3.05, 3.63) is 18.7 Å². The van der Waals surface area contributed by atoms with Crippen molar-refractivity contribution in [3.63, 3.8) is 0 Å². The zero-order valence-corrected chi connectivity index (χ0v) is 10.6. The molecular weight excluding hydrogens is 214 g/mol. The lowest BCUT2D eigenvalue weighted by molar-refractivity contribution is -0.130. The quantitative estimate of drug-likeness (QED) is 0.803. The van der Waals surface area contributed by atoms with E-state index in [9.17, 15) is 4.79 Å². The molecule has 1 aromatic heterocycles. The van der Waals surface area contributed by atoms with Crippen LogP contribution in [0.3, 0.4) is 0 Å². The smallest absolute Gasteiger partial charge is 0.220 e. The van der Waals surface area contributed by atoms with Crippen LogP contribution < -0.4 is 5.32 Å². The van der Waals surface area contributed by atoms with Crippen molar-refractivity contribution in [2.75, 3.05) is 0 Å². The highest BCUT2D eigenvalue weighted by atomic mass is 16.1. The Balaban J connectivity index is 2.07. The number of rotatable bonds is 1. The number of aromatic nitrogens is 2. The Kier molecular flexibility index (Phi) is 1.98. The summed E-state index contributed by atoms with van der Waals surface area (Å²) in [5, 5.41) is 3.23. The van der Waals surface area contributed by atoms with Crippen LogP contribution in [0.2, 0.25) is 0 Å². The predicted octanol–water partition coefficient (Wildman–Crippen LogP) is 1.75. The highest BCUT2D eigenvalue weighted by Gasteiger charge is 2.61. The maximum atomic E-state index is 11.8. The van der Waals surface area contributed by atoms with E-state index in [0.29, 0.717) is 18.4 Å². The summed E-state index contributed by atoms with van der Waals surface area (Å²) in [5.41, 5.74) is -0.0381. The van der Waals surface area contributed by atoms with Gasteiger partial charge in [-0.1, -0.05) is 13.8 Å². The number of hydrogen-bond donors (Lipinski definition) is 1. The summed E-state index contributed by atoms with van der Waals surface area (Å²) < 4.78 is 2.15. The van der Waals surface area contributed by atoms with Crippen LogP contribution >= 0.6 is 0 Å². The third-order valence-electron chi connectivity index (χ3n) is 5.25. The Morgan fingerprint density at radius 3 is 2.88 bits per heavy atom. The van der Waals surface area contributed by atoms with Crippen LogP contribution in [0.4, 0.5) is 0 Å². The minimum absolute atomic E-state index is 0.135. The number of fused-ring (bicyclic) bond motifs is 2. The van der Waals surface area contributed by atoms with Gasteiger partial charge < -0.3 is 9.88 Å². The third-order valence-corrected chi connectivity index (χ3v) is 5.25. The highest BCUT2D eigenvalue weighted by molar-refractivity contribution is 5.79. The van der Waals surface area contributed by atoms with E-state index >= 15 is 0 Å². The summed E-state index contributed by atoms with van der Waals surface area (Å²) in [6.07, 6.45) is 7.38. The lowest BCUT2D eigenvalue weighted by Crippen LogP contribution is -2.61. The average molecular weight is 233 g/mol. The predicted molar refractivity (Wildman–Crippen MR) is 64.3 cm³/mol. The Morgan fingerprint density at radius 1 is 1.47 bits per heavy atom. The number of nitrogens with zero attached hydrogens (tertiary/aromatic N) is 2. The van der Waals surface area contributed by atoms with Crippen molar-refractivity contribution in [1.29, 1.82) is 0 Å². The van der Waals surface area contributed by atoms with Gasteiger partial charge in [-0.2, -0.15) is 0 Å². The number of carbonyl (C=O) groups excluding carboxylic acids is 1. The fourth-order valence-corrected chi connectivity index (χ4v) is 3.67. The van der Waals surface area contributed by atoms with Crippen molar-refractivity contribution >= 4 is 5.91 Å². The Bertz CT molecular complexity index is 451. The van der Waals surface area contributed by atoms with Crippen LogP contribution in [0.1, 0.15) is 39.7 Å². The van der Waals surface area contributed by atoms with Crippen LogP contribution in [-0.2, 0) is 4.79 Å². The van der Waals surface area contributed by atoms with Gasteiger partial charge in [0.1, 0.15) is 0 Å². The van der Waals surface area contributed by atoms with Gasteiger partial charge in [0.15, 0.2) is 0 Å². The second kappa shape index (κ2) is 3.12. The maximum absolute atomic E-state index is 11.8. The first-order chi connectivity index (χ1) is 7.95. The van der Waals surface area contributed by atoms with Gasteiger partial charge in [0, 0.05) is 18.8 Å². The summed E-state index contributed by atoms with van der Waals surface area (Å²) in [6, 6.07) is 0.316. The lowest BCUT2D eigenvalue weighted by atomic mass is 9.67. The number of imidazole rings is 1. The molecule has 0 aromatic carbocycles. The second-order valence-corrected chi connectivity index (χ2v) is 6.13. The van der Waals surface area contributed by atoms with Crippen molar-refractivity contribution in [1.82, 2.24) is 14.9 Å². The first-order valence-corrected chi connectivity index (χ1v) is 6.23. The van der Waals surface area contributed by atoms with E-state index in [4.69, 9.17) is 0 Å². The third kappa shape index (κ3) is 1.24. The van der Waals surface area contributed by atoms with Crippen molar-refractivity contribution in [2.45, 2.75) is 45.2 Å². The molecule has 1 aromatic rings. The van der Waals surface area contributed by atoms with Gasteiger partial charge in [0.2, 0.25) is 5.91 Å². The monoisotopic (exact) mass is 233 g/mol. The molecule has 1 N–H and O–H groups in total. The first-order valence-electron chi connectivity index (χ1n) is 6.23. The van der Waals surface area contributed by atoms with Crippen molar-refractivity contribution in [3.8, 4) is 0 Å². The van der Waals surface area contributed by atoms with Gasteiger partial charge in [-0.15, -0.1) is 0 Å². The molecule has 3 rings (SSSR count). The molecule has 17 heavy (non-hydrogen) atoms. The molecule has 1 saturated heterocycles. The number of nitrogens with one attached hydrogen (secondary N) is 1. The zero-order valence-electron chi connectivity index (χ0n) is 10.6. The largest absolute Gasteiger partial charge is 0.348 e. The molecule has 3 unspecified atom stereocenters. The average Bonchev–Trinajstić information content (AvgIpc) is 2.76. The highest BCUT2D eigenvalue weighted by Crippen LogP contribution is 2.58. The molecule has 2 bridgehead atoms. The van der Waals surface area contributed by atoms with Crippen LogP contribution in [0, 0.1) is 11.3 Å². The molecule has 0 spiro atoms. The summed E-state index contributed by atoms with van der Waals surface area (Å²) >= 11 is 0. The van der Waals surface area contributed by atoms with E-state index in [1.54, 1.807) is 6.20 Å². The van der Waals surface area contributed by atoms with Gasteiger partial charge in [-0.3, -0.25) is 4.79 Å². The van der Waals surface area contributed by atoms with E-state index in [2.05, 4.69) is 35.6 Å². The van der Waals surface area contributed by atoms with E-state index in [1.807, 2.05) is 12.5 Å². The molecule has 2 aliphatic rings. The van der Waals surface area contributed by atoms with Crippen LogP contribution in [0.25, 0.3) is 0 Å². The topological polar surface area (TPSA) is 46.9 Å². The van der Waals surface area contributed by atoms with Gasteiger partial charge in [0.25, 0.3) is 0 Å². The summed E-state index contributed by atoms with van der Waals surface area (Å²) in [7, 11) is 0. The summed E-state index contributed by atoms with van der Waals surface area (Å²) in [6.45, 7) is 6.72. The van der Waals surface area contributed by atoms with E-state index < -0.39 is 0 Å². The van der Waals surface area contributed by atoms with Crippen molar-refractivity contribution < 1.29 is 4.79 Å². The summed E-state index contributed by atoms with van der Waals surface area (Å²) in [5.74, 6) is 0.660. The zero-order chi connectivity index (χ0) is 12.3. The molecule has 1 aliphatic carbocycles. The SMILES string of the molecule is CC1(C)C2CC(=O)NC1(C)C(n1ccnc1)C2. The number of hydrogen-bond acceptors (Lipinski definition) is 2. The first kappa shape index (κ1) is 10.8. The van der Waals surface area contributed by atoms with Crippen LogP contribution in [0.15, 0.2) is 18.7 Å². The molecule has 3 atom stereocenters. The molecule has 92 valence electrons. The van der Waals surface area contributed by atoms with Crippen LogP contribution in [0.5, 0.6) is 0 Å². The van der Waals surface area contributed by atoms with Gasteiger partial charge in [-0.25, -0.2) is 4.98 Å². The molecule has 0 radical (unpaired) electrons. The molecule has 1 aliphatic heterocycles. The van der Waals surface area contributed by atoms with Gasteiger partial charge >= 0.3 is 0 Å². The molecule has 4 heteroatoms. The molecule has 2 fully saturated rings. The van der Waals surface area contributed by atoms with Crippen LogP contribution in [-0.4, -0.2) is 21.0 Å².